The summed E-state index contributed by atoms with van der Waals surface area (Å²) in [4.78, 5) is 0. The van der Waals surface area contributed by atoms with Crippen LogP contribution < -0.4 is 0 Å². The van der Waals surface area contributed by atoms with Gasteiger partial charge in [-0.25, -0.2) is 0 Å². The molecule has 0 N–H and O–H groups in total. The number of allylic oxidation sites excluding steroid dienone is 3. The monoisotopic (exact) mass is 558 g/mol. The molecule has 0 amide bonds. The zero-order chi connectivity index (χ0) is 28.9. The third kappa shape index (κ3) is 6.55. The van der Waals surface area contributed by atoms with Crippen molar-refractivity contribution < 1.29 is 8.85 Å². The van der Waals surface area contributed by atoms with Gasteiger partial charge in [-0.2, -0.15) is 0 Å². The average molecular weight is 559 g/mol. The van der Waals surface area contributed by atoms with Gasteiger partial charge in [0.05, 0.1) is 12.2 Å². The molecule has 0 aromatic heterocycles. The smallest absolute Gasteiger partial charge is 0.192 e. The Balaban J connectivity index is 1.93. The van der Waals surface area contributed by atoms with Gasteiger partial charge in [0.15, 0.2) is 16.6 Å². The molecular formula is C34H62O2Si2. The van der Waals surface area contributed by atoms with E-state index >= 15 is 0 Å². The van der Waals surface area contributed by atoms with Crippen molar-refractivity contribution in [3.8, 4) is 0 Å². The maximum atomic E-state index is 7.05. The van der Waals surface area contributed by atoms with Gasteiger partial charge >= 0.3 is 0 Å². The molecule has 5 atom stereocenters. The minimum atomic E-state index is -1.94. The van der Waals surface area contributed by atoms with Gasteiger partial charge in [0.1, 0.15) is 0 Å². The van der Waals surface area contributed by atoms with E-state index in [4.69, 9.17) is 8.85 Å². The topological polar surface area (TPSA) is 18.5 Å². The molecule has 0 spiro atoms. The van der Waals surface area contributed by atoms with Crippen molar-refractivity contribution in [1.82, 2.24) is 0 Å². The van der Waals surface area contributed by atoms with E-state index in [9.17, 15) is 0 Å². The maximum Gasteiger partial charge on any atom is 0.192 e. The molecule has 3 rings (SSSR count). The summed E-state index contributed by atoms with van der Waals surface area (Å²) in [6, 6.07) is 0. The summed E-state index contributed by atoms with van der Waals surface area (Å²) in [5.74, 6) is 2.39. The maximum absolute atomic E-state index is 7.05. The molecule has 4 heteroatoms. The average Bonchev–Trinajstić information content (AvgIpc) is 3.10. The third-order valence-electron chi connectivity index (χ3n) is 11.6. The normalized spacial score (nSPS) is 33.9. The number of hydrogen-bond acceptors (Lipinski definition) is 2. The molecule has 3 fully saturated rings. The van der Waals surface area contributed by atoms with E-state index in [1.807, 2.05) is 0 Å². The van der Waals surface area contributed by atoms with Gasteiger partial charge in [-0.1, -0.05) is 86.6 Å². The molecule has 218 valence electrons. The van der Waals surface area contributed by atoms with E-state index < -0.39 is 16.6 Å². The highest BCUT2D eigenvalue weighted by atomic mass is 28.4. The molecule has 0 saturated heterocycles. The van der Waals surface area contributed by atoms with Crippen LogP contribution in [0.1, 0.15) is 107 Å². The van der Waals surface area contributed by atoms with Crippen molar-refractivity contribution in [2.45, 2.75) is 156 Å². The van der Waals surface area contributed by atoms with Crippen molar-refractivity contribution >= 4 is 16.6 Å². The lowest BCUT2D eigenvalue weighted by molar-refractivity contribution is 0.0968. The van der Waals surface area contributed by atoms with Crippen LogP contribution >= 0.6 is 0 Å². The van der Waals surface area contributed by atoms with Crippen molar-refractivity contribution in [1.29, 1.82) is 0 Å². The van der Waals surface area contributed by atoms with Crippen LogP contribution in [-0.4, -0.2) is 28.8 Å². The summed E-state index contributed by atoms with van der Waals surface area (Å²) in [5, 5.41) is 0.374. The first-order valence-corrected chi connectivity index (χ1v) is 21.5. The van der Waals surface area contributed by atoms with Crippen LogP contribution in [0.15, 0.2) is 35.5 Å². The van der Waals surface area contributed by atoms with Crippen molar-refractivity contribution in [3.63, 3.8) is 0 Å². The lowest BCUT2D eigenvalue weighted by Gasteiger charge is -2.45. The van der Waals surface area contributed by atoms with Gasteiger partial charge in [-0.3, -0.25) is 0 Å². The largest absolute Gasteiger partial charge is 0.413 e. The highest BCUT2D eigenvalue weighted by molar-refractivity contribution is 6.74. The molecule has 0 radical (unpaired) electrons. The quantitative estimate of drug-likeness (QED) is 0.302. The Labute approximate surface area is 239 Å². The summed E-state index contributed by atoms with van der Waals surface area (Å²) < 4.78 is 14.1. The van der Waals surface area contributed by atoms with Crippen LogP contribution in [0.3, 0.4) is 0 Å². The predicted molar refractivity (Wildman–Crippen MR) is 172 cm³/mol. The van der Waals surface area contributed by atoms with Gasteiger partial charge in [-0.15, -0.1) is 0 Å². The minimum Gasteiger partial charge on any atom is -0.413 e. The first kappa shape index (κ1) is 32.1. The number of hydrogen-bond donors (Lipinski definition) is 0. The van der Waals surface area contributed by atoms with Crippen LogP contribution in [-0.2, 0) is 8.85 Å². The summed E-state index contributed by atoms with van der Waals surface area (Å²) >= 11 is 0. The summed E-state index contributed by atoms with van der Waals surface area (Å²) in [7, 11) is -3.82. The molecular weight excluding hydrogens is 497 g/mol. The van der Waals surface area contributed by atoms with E-state index in [1.54, 1.807) is 5.57 Å². The van der Waals surface area contributed by atoms with Gasteiger partial charge in [0.25, 0.3) is 0 Å². The van der Waals surface area contributed by atoms with Gasteiger partial charge in [-0.05, 0) is 109 Å². The zero-order valence-electron chi connectivity index (χ0n) is 27.5. The molecule has 0 unspecified atom stereocenters. The Kier molecular flexibility index (Phi) is 9.37. The van der Waals surface area contributed by atoms with Crippen LogP contribution in [0.4, 0.5) is 0 Å². The van der Waals surface area contributed by atoms with Crippen molar-refractivity contribution in [2.75, 3.05) is 0 Å². The lowest BCUT2D eigenvalue weighted by atomic mass is 9.61. The van der Waals surface area contributed by atoms with E-state index in [1.165, 1.54) is 43.3 Å². The molecule has 0 aliphatic heterocycles. The molecule has 0 bridgehead atoms. The third-order valence-corrected chi connectivity index (χ3v) is 20.6. The predicted octanol–water partition coefficient (Wildman–Crippen LogP) is 10.8. The highest BCUT2D eigenvalue weighted by Crippen LogP contribution is 2.59. The first-order valence-electron chi connectivity index (χ1n) is 15.6. The minimum absolute atomic E-state index is 0.0532. The zero-order valence-corrected chi connectivity index (χ0v) is 29.5. The molecule has 0 aromatic rings. The Morgan fingerprint density at radius 2 is 1.50 bits per heavy atom. The fraction of sp³-hybridized carbons (Fsp3) is 0.824. The van der Waals surface area contributed by atoms with Crippen molar-refractivity contribution in [2.24, 2.45) is 23.2 Å². The summed E-state index contributed by atoms with van der Waals surface area (Å²) in [6.45, 7) is 35.7. The van der Waals surface area contributed by atoms with Gasteiger partial charge < -0.3 is 8.85 Å². The second kappa shape index (κ2) is 11.1. The fourth-order valence-corrected chi connectivity index (χ4v) is 9.81. The van der Waals surface area contributed by atoms with Crippen LogP contribution in [0.2, 0.25) is 36.3 Å². The Morgan fingerprint density at radius 1 is 0.921 bits per heavy atom. The summed E-state index contributed by atoms with van der Waals surface area (Å²) in [5.41, 5.74) is 4.73. The van der Waals surface area contributed by atoms with E-state index in [-0.39, 0.29) is 22.3 Å². The summed E-state index contributed by atoms with van der Waals surface area (Å²) in [6.07, 6.45) is 13.9. The molecule has 3 aliphatic carbocycles. The standard InChI is InChI=1S/C34H62O2Si2/c1-24(2)29-19-20-30-26(16-15-21-34(29,30)10)17-18-27-22-28(35-37(11,12)32(4,5)6)23-31(25(27)3)36-38(13,14)33(7,8)9/h17-18,24,28-31H,3,15-16,19-23H2,1-2,4-14H3/b26-17+,27-18-/t28-,29-,30+,31+,34-/m1/s1. The second-order valence-electron chi connectivity index (χ2n) is 16.6. The first-order chi connectivity index (χ1) is 17.2. The van der Waals surface area contributed by atoms with E-state index in [0.29, 0.717) is 5.41 Å². The molecule has 38 heavy (non-hydrogen) atoms. The van der Waals surface area contributed by atoms with Crippen LogP contribution in [0.5, 0.6) is 0 Å². The molecule has 3 aliphatic rings. The number of rotatable bonds is 6. The molecule has 3 saturated carbocycles. The Morgan fingerprint density at radius 3 is 2.05 bits per heavy atom. The van der Waals surface area contributed by atoms with E-state index in [0.717, 1.165) is 30.6 Å². The highest BCUT2D eigenvalue weighted by Gasteiger charge is 2.50. The van der Waals surface area contributed by atoms with Gasteiger partial charge in [0, 0.05) is 6.42 Å². The van der Waals surface area contributed by atoms with Gasteiger partial charge in [0.2, 0.25) is 0 Å². The fourth-order valence-electron chi connectivity index (χ4n) is 7.14. The Bertz CT molecular complexity index is 927. The molecule has 0 heterocycles. The molecule has 2 nitrogen and oxygen atoms in total. The Hall–Kier alpha value is -0.426. The number of fused-ring (bicyclic) bond motifs is 1. The second-order valence-corrected chi connectivity index (χ2v) is 26.1. The van der Waals surface area contributed by atoms with Crippen LogP contribution in [0.25, 0.3) is 0 Å². The SMILES string of the molecule is C=C1/C(=C\C=C2/CCC[C@]3(C)[C@@H](C(C)C)CC[C@@H]23)C[C@@H](O[Si](C)(C)C(C)(C)C)C[C@@H]1O[Si](C)(C)C(C)(C)C. The molecule has 0 aromatic carbocycles. The van der Waals surface area contributed by atoms with Crippen LogP contribution in [0, 0.1) is 23.2 Å². The lowest BCUT2D eigenvalue weighted by Crippen LogP contribution is -2.49. The van der Waals surface area contributed by atoms with E-state index in [2.05, 4.69) is 107 Å². The van der Waals surface area contributed by atoms with Crippen molar-refractivity contribution in [3.05, 3.63) is 35.5 Å².